The fraction of sp³-hybridized carbons (Fsp3) is 0.304. The Kier molecular flexibility index (Phi) is 6.94. The number of hydrogen-bond donors (Lipinski definition) is 1. The number of benzene rings is 2. The Morgan fingerprint density at radius 3 is 2.45 bits per heavy atom. The van der Waals surface area contributed by atoms with Gasteiger partial charge in [-0.3, -0.25) is 9.59 Å². The summed E-state index contributed by atoms with van der Waals surface area (Å²) in [4.78, 5) is 29.3. The van der Waals surface area contributed by atoms with Crippen LogP contribution in [0.4, 0.5) is 0 Å². The number of methoxy groups -OCH3 is 1. The molecule has 1 amide bonds. The van der Waals surface area contributed by atoms with E-state index in [1.807, 2.05) is 25.9 Å². The number of nitrogens with zero attached hydrogens (tertiary/aromatic N) is 2. The summed E-state index contributed by atoms with van der Waals surface area (Å²) in [7, 11) is 5.31. The number of aliphatic hydroxyl groups is 1. The standard InChI is InChI=1S/C23H24Cl2N2O4/c1-13-11-14(5-8-18(13)31-4)21(28)19-20(16-7-6-15(24)12-17(16)25)27(10-9-26(2)3)23(30)22(19)29/h5-8,11-12,20,28H,9-10H2,1-4H3/t20-/m1/s1. The molecular formula is C23H24Cl2N2O4. The van der Waals surface area contributed by atoms with E-state index in [1.54, 1.807) is 43.5 Å². The molecule has 2 aromatic rings. The Morgan fingerprint density at radius 2 is 1.87 bits per heavy atom. The molecule has 8 heteroatoms. The van der Waals surface area contributed by atoms with Crippen LogP contribution in [0.25, 0.3) is 5.76 Å². The van der Waals surface area contributed by atoms with Gasteiger partial charge in [0.1, 0.15) is 11.5 Å². The van der Waals surface area contributed by atoms with Crippen molar-refractivity contribution in [1.29, 1.82) is 0 Å². The molecule has 164 valence electrons. The number of carbonyl (C=O) groups excluding carboxylic acids is 2. The Bertz CT molecular complexity index is 1070. The Hall–Kier alpha value is -2.54. The molecule has 0 aromatic heterocycles. The number of likely N-dealkylation sites (N-methyl/N-ethyl adjacent to an activating group) is 1. The van der Waals surface area contributed by atoms with E-state index in [2.05, 4.69) is 0 Å². The van der Waals surface area contributed by atoms with E-state index >= 15 is 0 Å². The summed E-state index contributed by atoms with van der Waals surface area (Å²) in [5.74, 6) is -1.03. The first-order valence-electron chi connectivity index (χ1n) is 9.68. The van der Waals surface area contributed by atoms with Gasteiger partial charge in [-0.15, -0.1) is 0 Å². The minimum atomic E-state index is -0.827. The summed E-state index contributed by atoms with van der Waals surface area (Å²) < 4.78 is 5.27. The maximum atomic E-state index is 13.0. The molecule has 3 rings (SSSR count). The van der Waals surface area contributed by atoms with Gasteiger partial charge in [-0.05, 0) is 62.5 Å². The van der Waals surface area contributed by atoms with Crippen molar-refractivity contribution in [2.75, 3.05) is 34.3 Å². The highest BCUT2D eigenvalue weighted by molar-refractivity contribution is 6.47. The van der Waals surface area contributed by atoms with Gasteiger partial charge >= 0.3 is 0 Å². The molecule has 1 heterocycles. The second kappa shape index (κ2) is 9.30. The summed E-state index contributed by atoms with van der Waals surface area (Å²) in [5, 5.41) is 11.9. The average molecular weight is 463 g/mol. The molecule has 1 aliphatic heterocycles. The van der Waals surface area contributed by atoms with Crippen molar-refractivity contribution in [2.24, 2.45) is 0 Å². The van der Waals surface area contributed by atoms with E-state index in [-0.39, 0.29) is 11.3 Å². The molecule has 1 fully saturated rings. The number of ether oxygens (including phenoxy) is 1. The lowest BCUT2D eigenvalue weighted by atomic mass is 9.94. The molecule has 1 N–H and O–H groups in total. The summed E-state index contributed by atoms with van der Waals surface area (Å²) in [5.41, 5.74) is 1.72. The number of amides is 1. The SMILES string of the molecule is COc1ccc(C(O)=C2C(=O)C(=O)N(CCN(C)C)[C@@H]2c2ccc(Cl)cc2Cl)cc1C. The van der Waals surface area contributed by atoms with Crippen LogP contribution in [0.5, 0.6) is 5.75 Å². The van der Waals surface area contributed by atoms with Gasteiger partial charge in [-0.25, -0.2) is 0 Å². The number of rotatable bonds is 6. The van der Waals surface area contributed by atoms with Crippen LogP contribution in [0.1, 0.15) is 22.7 Å². The van der Waals surface area contributed by atoms with E-state index in [0.717, 1.165) is 5.56 Å². The van der Waals surface area contributed by atoms with E-state index < -0.39 is 17.7 Å². The molecule has 1 atom stereocenters. The lowest BCUT2D eigenvalue weighted by Crippen LogP contribution is -2.35. The fourth-order valence-electron chi connectivity index (χ4n) is 3.65. The number of Topliss-reactive ketones (excluding diaryl/α,β-unsaturated/α-hetero) is 1. The Labute approximate surface area is 191 Å². The molecule has 0 spiro atoms. The first-order chi connectivity index (χ1) is 14.6. The van der Waals surface area contributed by atoms with Gasteiger partial charge < -0.3 is 19.6 Å². The van der Waals surface area contributed by atoms with Crippen molar-refractivity contribution in [3.8, 4) is 5.75 Å². The number of aliphatic hydroxyl groups excluding tert-OH is 1. The zero-order chi connectivity index (χ0) is 22.9. The van der Waals surface area contributed by atoms with E-state index in [0.29, 0.717) is 40.0 Å². The van der Waals surface area contributed by atoms with Crippen LogP contribution in [0, 0.1) is 6.92 Å². The smallest absolute Gasteiger partial charge is 0.295 e. The first-order valence-corrected chi connectivity index (χ1v) is 10.4. The number of aryl methyl sites for hydroxylation is 1. The van der Waals surface area contributed by atoms with Crippen molar-refractivity contribution >= 4 is 40.7 Å². The van der Waals surface area contributed by atoms with Gasteiger partial charge in [0, 0.05) is 28.7 Å². The largest absolute Gasteiger partial charge is 0.507 e. The molecule has 1 aliphatic rings. The van der Waals surface area contributed by atoms with Gasteiger partial charge in [0.15, 0.2) is 0 Å². The van der Waals surface area contributed by atoms with Crippen molar-refractivity contribution in [1.82, 2.24) is 9.80 Å². The monoisotopic (exact) mass is 462 g/mol. The number of likely N-dealkylation sites (tertiary alicyclic amines) is 1. The highest BCUT2D eigenvalue weighted by Crippen LogP contribution is 2.42. The van der Waals surface area contributed by atoms with Gasteiger partial charge in [-0.1, -0.05) is 29.3 Å². The molecular weight excluding hydrogens is 439 g/mol. The normalized spacial score (nSPS) is 18.2. The van der Waals surface area contributed by atoms with Gasteiger partial charge in [0.2, 0.25) is 0 Å². The predicted octanol–water partition coefficient (Wildman–Crippen LogP) is 4.29. The first kappa shape index (κ1) is 23.1. The predicted molar refractivity (Wildman–Crippen MR) is 122 cm³/mol. The zero-order valence-electron chi connectivity index (χ0n) is 17.8. The molecule has 0 saturated carbocycles. The van der Waals surface area contributed by atoms with Gasteiger partial charge in [-0.2, -0.15) is 0 Å². The van der Waals surface area contributed by atoms with Gasteiger partial charge in [0.05, 0.1) is 18.7 Å². The van der Waals surface area contributed by atoms with E-state index in [4.69, 9.17) is 27.9 Å². The quantitative estimate of drug-likeness (QED) is 0.393. The number of carbonyl (C=O) groups is 2. The van der Waals surface area contributed by atoms with Crippen LogP contribution in [0.15, 0.2) is 42.0 Å². The number of halogens is 2. The van der Waals surface area contributed by atoms with E-state index in [1.165, 1.54) is 4.90 Å². The van der Waals surface area contributed by atoms with Crippen LogP contribution in [0.3, 0.4) is 0 Å². The lowest BCUT2D eigenvalue weighted by molar-refractivity contribution is -0.140. The summed E-state index contributed by atoms with van der Waals surface area (Å²) in [6.07, 6.45) is 0. The minimum absolute atomic E-state index is 0.00227. The number of hydrogen-bond acceptors (Lipinski definition) is 5. The van der Waals surface area contributed by atoms with Crippen molar-refractivity contribution in [3.05, 3.63) is 68.7 Å². The molecule has 2 aromatic carbocycles. The molecule has 6 nitrogen and oxygen atoms in total. The topological polar surface area (TPSA) is 70.1 Å². The van der Waals surface area contributed by atoms with Gasteiger partial charge in [0.25, 0.3) is 11.7 Å². The minimum Gasteiger partial charge on any atom is -0.507 e. The highest BCUT2D eigenvalue weighted by Gasteiger charge is 2.46. The average Bonchev–Trinajstić information content (AvgIpc) is 2.96. The third-order valence-electron chi connectivity index (χ3n) is 5.25. The lowest BCUT2D eigenvalue weighted by Gasteiger charge is -2.27. The third kappa shape index (κ3) is 4.56. The van der Waals surface area contributed by atoms with Crippen molar-refractivity contribution < 1.29 is 19.4 Å². The van der Waals surface area contributed by atoms with Crippen LogP contribution >= 0.6 is 23.2 Å². The molecule has 31 heavy (non-hydrogen) atoms. The summed E-state index contributed by atoms with van der Waals surface area (Å²) in [6, 6.07) is 9.12. The van der Waals surface area contributed by atoms with Crippen LogP contribution in [-0.4, -0.2) is 60.9 Å². The Balaban J connectivity index is 2.19. The summed E-state index contributed by atoms with van der Waals surface area (Å²) >= 11 is 12.5. The van der Waals surface area contributed by atoms with Crippen LogP contribution < -0.4 is 4.74 Å². The van der Waals surface area contributed by atoms with Crippen LogP contribution in [-0.2, 0) is 9.59 Å². The van der Waals surface area contributed by atoms with Crippen molar-refractivity contribution in [3.63, 3.8) is 0 Å². The second-order valence-electron chi connectivity index (χ2n) is 7.65. The maximum Gasteiger partial charge on any atom is 0.295 e. The third-order valence-corrected chi connectivity index (χ3v) is 5.82. The van der Waals surface area contributed by atoms with E-state index in [9.17, 15) is 14.7 Å². The highest BCUT2D eigenvalue weighted by atomic mass is 35.5. The second-order valence-corrected chi connectivity index (χ2v) is 8.49. The summed E-state index contributed by atoms with van der Waals surface area (Å²) in [6.45, 7) is 2.66. The Morgan fingerprint density at radius 1 is 1.16 bits per heavy atom. The van der Waals surface area contributed by atoms with Crippen LogP contribution in [0.2, 0.25) is 10.0 Å². The molecule has 1 saturated heterocycles. The molecule has 0 radical (unpaired) electrons. The number of ketones is 1. The zero-order valence-corrected chi connectivity index (χ0v) is 19.3. The molecule has 0 aliphatic carbocycles. The maximum absolute atomic E-state index is 13.0. The molecule has 0 bridgehead atoms. The molecule has 0 unspecified atom stereocenters. The van der Waals surface area contributed by atoms with Crippen molar-refractivity contribution in [2.45, 2.75) is 13.0 Å². The fourth-order valence-corrected chi connectivity index (χ4v) is 4.16.